The van der Waals surface area contributed by atoms with E-state index in [0.717, 1.165) is 4.31 Å². The van der Waals surface area contributed by atoms with Crippen LogP contribution < -0.4 is 5.73 Å². The molecule has 0 spiro atoms. The molecule has 15 heavy (non-hydrogen) atoms. The maximum atomic E-state index is 11.8. The lowest BCUT2D eigenvalue weighted by Gasteiger charge is -2.15. The number of nitrogen functional groups attached to an aromatic ring is 1. The average molecular weight is 231 g/mol. The SMILES string of the molecule is CN(CCO)S(=O)(=O)c1ncccc1N. The predicted molar refractivity (Wildman–Crippen MR) is 55.6 cm³/mol. The number of aliphatic hydroxyl groups is 1. The van der Waals surface area contributed by atoms with Gasteiger partial charge in [0.1, 0.15) is 0 Å². The summed E-state index contributed by atoms with van der Waals surface area (Å²) < 4.78 is 24.6. The lowest BCUT2D eigenvalue weighted by Crippen LogP contribution is -2.30. The zero-order valence-electron chi connectivity index (χ0n) is 8.29. The Morgan fingerprint density at radius 2 is 2.27 bits per heavy atom. The Morgan fingerprint density at radius 1 is 1.60 bits per heavy atom. The van der Waals surface area contributed by atoms with Gasteiger partial charge in [-0.25, -0.2) is 13.4 Å². The Bertz CT molecular complexity index is 433. The van der Waals surface area contributed by atoms with Crippen LogP contribution in [-0.2, 0) is 10.0 Å². The summed E-state index contributed by atoms with van der Waals surface area (Å²) in [5.74, 6) is 0. The zero-order chi connectivity index (χ0) is 11.5. The van der Waals surface area contributed by atoms with Gasteiger partial charge in [-0.2, -0.15) is 4.31 Å². The van der Waals surface area contributed by atoms with Crippen molar-refractivity contribution in [1.82, 2.24) is 9.29 Å². The van der Waals surface area contributed by atoms with E-state index < -0.39 is 10.0 Å². The summed E-state index contributed by atoms with van der Waals surface area (Å²) in [4.78, 5) is 3.72. The topological polar surface area (TPSA) is 96.5 Å². The summed E-state index contributed by atoms with van der Waals surface area (Å²) >= 11 is 0. The fraction of sp³-hybridized carbons (Fsp3) is 0.375. The van der Waals surface area contributed by atoms with E-state index in [4.69, 9.17) is 10.8 Å². The molecule has 3 N–H and O–H groups in total. The van der Waals surface area contributed by atoms with E-state index in [1.54, 1.807) is 6.07 Å². The van der Waals surface area contributed by atoms with E-state index in [0.29, 0.717) is 0 Å². The van der Waals surface area contributed by atoms with Gasteiger partial charge in [-0.3, -0.25) is 0 Å². The molecule has 0 aliphatic heterocycles. The summed E-state index contributed by atoms with van der Waals surface area (Å²) in [6.45, 7) is -0.235. The fourth-order valence-electron chi connectivity index (χ4n) is 1.03. The molecule has 0 bridgehead atoms. The summed E-state index contributed by atoms with van der Waals surface area (Å²) in [6, 6.07) is 3.02. The Kier molecular flexibility index (Phi) is 3.61. The number of anilines is 1. The maximum absolute atomic E-state index is 11.8. The van der Waals surface area contributed by atoms with Gasteiger partial charge in [0.15, 0.2) is 5.03 Å². The molecule has 7 heteroatoms. The monoisotopic (exact) mass is 231 g/mol. The van der Waals surface area contributed by atoms with Crippen LogP contribution in [0.1, 0.15) is 0 Å². The third-order valence-corrected chi connectivity index (χ3v) is 3.70. The van der Waals surface area contributed by atoms with Crippen molar-refractivity contribution in [2.75, 3.05) is 25.9 Å². The summed E-state index contributed by atoms with van der Waals surface area (Å²) in [5, 5.41) is 8.48. The number of rotatable bonds is 4. The molecule has 0 unspecified atom stereocenters. The standard InChI is InChI=1S/C8H13N3O3S/c1-11(5-6-12)15(13,14)8-7(9)3-2-4-10-8/h2-4,12H,5-6,9H2,1H3. The molecule has 0 aromatic carbocycles. The molecule has 0 saturated carbocycles. The van der Waals surface area contributed by atoms with Gasteiger partial charge in [0, 0.05) is 19.8 Å². The van der Waals surface area contributed by atoms with Gasteiger partial charge >= 0.3 is 0 Å². The van der Waals surface area contributed by atoms with Crippen molar-refractivity contribution in [1.29, 1.82) is 0 Å². The molecule has 1 aromatic heterocycles. The Labute approximate surface area is 88.4 Å². The van der Waals surface area contributed by atoms with Crippen LogP contribution in [0.25, 0.3) is 0 Å². The molecule has 0 atom stereocenters. The van der Waals surface area contributed by atoms with Crippen LogP contribution in [-0.4, -0.2) is 43.0 Å². The minimum Gasteiger partial charge on any atom is -0.396 e. The van der Waals surface area contributed by atoms with Crippen LogP contribution in [0.5, 0.6) is 0 Å². The van der Waals surface area contributed by atoms with Crippen LogP contribution in [0.3, 0.4) is 0 Å². The minimum absolute atomic E-state index is 0.0122. The first-order valence-corrected chi connectivity index (χ1v) is 5.72. The number of nitrogens with zero attached hydrogens (tertiary/aromatic N) is 2. The highest BCUT2D eigenvalue weighted by atomic mass is 32.2. The Hall–Kier alpha value is -1.18. The summed E-state index contributed by atoms with van der Waals surface area (Å²) in [6.07, 6.45) is 1.36. The highest BCUT2D eigenvalue weighted by Gasteiger charge is 2.23. The van der Waals surface area contributed by atoms with Crippen molar-refractivity contribution in [3.05, 3.63) is 18.3 Å². The molecule has 6 nitrogen and oxygen atoms in total. The van der Waals surface area contributed by atoms with E-state index in [9.17, 15) is 8.42 Å². The Balaban J connectivity index is 3.12. The molecular weight excluding hydrogens is 218 g/mol. The fourth-order valence-corrected chi connectivity index (χ4v) is 2.20. The van der Waals surface area contributed by atoms with Gasteiger partial charge < -0.3 is 10.8 Å². The number of pyridine rings is 1. The van der Waals surface area contributed by atoms with Gasteiger partial charge in [0.25, 0.3) is 10.0 Å². The quantitative estimate of drug-likeness (QED) is 0.712. The minimum atomic E-state index is -3.69. The van der Waals surface area contributed by atoms with Crippen molar-refractivity contribution in [3.63, 3.8) is 0 Å². The maximum Gasteiger partial charge on any atom is 0.262 e. The van der Waals surface area contributed by atoms with E-state index in [2.05, 4.69) is 4.98 Å². The highest BCUT2D eigenvalue weighted by Crippen LogP contribution is 2.17. The van der Waals surface area contributed by atoms with Crippen molar-refractivity contribution in [2.45, 2.75) is 5.03 Å². The van der Waals surface area contributed by atoms with Gasteiger partial charge in [-0.1, -0.05) is 0 Å². The smallest absolute Gasteiger partial charge is 0.262 e. The number of aromatic nitrogens is 1. The molecule has 0 aliphatic rings. The third kappa shape index (κ3) is 2.44. The van der Waals surface area contributed by atoms with Crippen molar-refractivity contribution < 1.29 is 13.5 Å². The first-order chi connectivity index (χ1) is 7.00. The second kappa shape index (κ2) is 4.56. The normalized spacial score (nSPS) is 11.9. The second-order valence-electron chi connectivity index (χ2n) is 2.95. The van der Waals surface area contributed by atoms with Crippen LogP contribution in [0.2, 0.25) is 0 Å². The largest absolute Gasteiger partial charge is 0.396 e. The van der Waals surface area contributed by atoms with Gasteiger partial charge in [-0.15, -0.1) is 0 Å². The third-order valence-electron chi connectivity index (χ3n) is 1.87. The lowest BCUT2D eigenvalue weighted by molar-refractivity contribution is 0.266. The van der Waals surface area contributed by atoms with E-state index in [1.165, 1.54) is 19.3 Å². The van der Waals surface area contributed by atoms with E-state index >= 15 is 0 Å². The molecule has 84 valence electrons. The number of aliphatic hydroxyl groups excluding tert-OH is 1. The number of sulfonamides is 1. The van der Waals surface area contributed by atoms with Gasteiger partial charge in [0.2, 0.25) is 0 Å². The van der Waals surface area contributed by atoms with Crippen LogP contribution in [0.15, 0.2) is 23.4 Å². The number of hydrogen-bond acceptors (Lipinski definition) is 5. The molecule has 1 rings (SSSR count). The molecule has 0 aliphatic carbocycles. The van der Waals surface area contributed by atoms with E-state index in [1.807, 2.05) is 0 Å². The molecule has 0 fully saturated rings. The first-order valence-electron chi connectivity index (χ1n) is 4.28. The van der Waals surface area contributed by atoms with Crippen LogP contribution in [0, 0.1) is 0 Å². The van der Waals surface area contributed by atoms with Crippen LogP contribution >= 0.6 is 0 Å². The number of hydrogen-bond donors (Lipinski definition) is 2. The molecule has 1 heterocycles. The van der Waals surface area contributed by atoms with Crippen LogP contribution in [0.4, 0.5) is 5.69 Å². The molecule has 0 amide bonds. The number of likely N-dealkylation sites (N-methyl/N-ethyl adjacent to an activating group) is 1. The summed E-state index contributed by atoms with van der Waals surface area (Å²) in [5.41, 5.74) is 5.61. The molecule has 0 saturated heterocycles. The molecule has 0 radical (unpaired) electrons. The Morgan fingerprint density at radius 3 is 2.80 bits per heavy atom. The van der Waals surface area contributed by atoms with Gasteiger partial charge in [0.05, 0.1) is 12.3 Å². The van der Waals surface area contributed by atoms with E-state index in [-0.39, 0.29) is 23.9 Å². The second-order valence-corrected chi connectivity index (χ2v) is 4.91. The van der Waals surface area contributed by atoms with Crippen molar-refractivity contribution >= 4 is 15.7 Å². The molecular formula is C8H13N3O3S. The number of nitrogens with two attached hydrogens (primary N) is 1. The average Bonchev–Trinajstić information content (AvgIpc) is 2.18. The summed E-state index contributed by atoms with van der Waals surface area (Å²) in [7, 11) is -2.33. The predicted octanol–water partition coefficient (Wildman–Crippen LogP) is -0.723. The zero-order valence-corrected chi connectivity index (χ0v) is 9.11. The lowest BCUT2D eigenvalue weighted by atomic mass is 10.4. The highest BCUT2D eigenvalue weighted by molar-refractivity contribution is 7.89. The van der Waals surface area contributed by atoms with Crippen molar-refractivity contribution in [3.8, 4) is 0 Å². The first kappa shape index (κ1) is 11.9. The van der Waals surface area contributed by atoms with Crippen molar-refractivity contribution in [2.24, 2.45) is 0 Å². The molecule has 1 aromatic rings. The van der Waals surface area contributed by atoms with Gasteiger partial charge in [-0.05, 0) is 12.1 Å².